The molecule has 4 rings (SSSR count). The third kappa shape index (κ3) is 3.92. The summed E-state index contributed by atoms with van der Waals surface area (Å²) in [7, 11) is 0. The van der Waals surface area contributed by atoms with Crippen LogP contribution < -0.4 is 4.90 Å². The third-order valence-corrected chi connectivity index (χ3v) is 5.42. The number of hydrogen-bond donors (Lipinski definition) is 0. The van der Waals surface area contributed by atoms with Gasteiger partial charge in [-0.1, -0.05) is 65.7 Å². The summed E-state index contributed by atoms with van der Waals surface area (Å²) in [5, 5.41) is 0.667. The minimum absolute atomic E-state index is 0.0523. The topological polar surface area (TPSA) is 32.7 Å². The predicted octanol–water partition coefficient (Wildman–Crippen LogP) is 6.11. The molecule has 1 amide bonds. The number of benzene rings is 3. The quantitative estimate of drug-likeness (QED) is 0.510. The third-order valence-electron chi connectivity index (χ3n) is 4.45. The van der Waals surface area contributed by atoms with Gasteiger partial charge in [-0.25, -0.2) is 4.99 Å². The Hall–Kier alpha value is -3.11. The first kappa shape index (κ1) is 18.3. The predicted molar refractivity (Wildman–Crippen MR) is 119 cm³/mol. The van der Waals surface area contributed by atoms with E-state index < -0.39 is 0 Å². The maximum absolute atomic E-state index is 13.2. The van der Waals surface area contributed by atoms with Crippen molar-refractivity contribution in [1.29, 1.82) is 0 Å². The van der Waals surface area contributed by atoms with Crippen molar-refractivity contribution in [1.82, 2.24) is 0 Å². The van der Waals surface area contributed by atoms with Crippen LogP contribution in [0.2, 0.25) is 0 Å². The fraction of sp³-hybridized carbons (Fsp3) is 0.0833. The number of amides is 1. The second-order valence-corrected chi connectivity index (χ2v) is 7.74. The van der Waals surface area contributed by atoms with Gasteiger partial charge in [0.05, 0.1) is 16.3 Å². The summed E-state index contributed by atoms with van der Waals surface area (Å²) in [4.78, 5) is 20.3. The van der Waals surface area contributed by atoms with Crippen LogP contribution in [0.1, 0.15) is 16.7 Å². The van der Waals surface area contributed by atoms with Gasteiger partial charge >= 0.3 is 0 Å². The van der Waals surface area contributed by atoms with Crippen LogP contribution in [-0.2, 0) is 4.79 Å². The Morgan fingerprint density at radius 1 is 0.821 bits per heavy atom. The number of aryl methyl sites for hydroxylation is 2. The van der Waals surface area contributed by atoms with E-state index in [0.29, 0.717) is 10.1 Å². The zero-order chi connectivity index (χ0) is 19.5. The van der Waals surface area contributed by atoms with E-state index in [4.69, 9.17) is 4.99 Å². The first-order chi connectivity index (χ1) is 13.6. The molecule has 0 aliphatic carbocycles. The summed E-state index contributed by atoms with van der Waals surface area (Å²) in [6.45, 7) is 4.08. The smallest absolute Gasteiger partial charge is 0.268 e. The van der Waals surface area contributed by atoms with Crippen molar-refractivity contribution in [3.05, 3.63) is 100 Å². The Kier molecular flexibility index (Phi) is 5.13. The number of thioether (sulfide) groups is 1. The maximum atomic E-state index is 13.2. The second kappa shape index (κ2) is 7.87. The maximum Gasteiger partial charge on any atom is 0.271 e. The van der Waals surface area contributed by atoms with Gasteiger partial charge in [0.25, 0.3) is 5.91 Å². The lowest BCUT2D eigenvalue weighted by Gasteiger charge is -2.16. The van der Waals surface area contributed by atoms with Gasteiger partial charge in [-0.2, -0.15) is 0 Å². The second-order valence-electron chi connectivity index (χ2n) is 6.73. The molecule has 0 unspecified atom stereocenters. The van der Waals surface area contributed by atoms with Crippen LogP contribution in [0, 0.1) is 13.8 Å². The zero-order valence-corrected chi connectivity index (χ0v) is 16.6. The van der Waals surface area contributed by atoms with Crippen molar-refractivity contribution >= 4 is 40.3 Å². The minimum atomic E-state index is -0.0523. The van der Waals surface area contributed by atoms with E-state index in [1.165, 1.54) is 17.3 Å². The van der Waals surface area contributed by atoms with E-state index in [-0.39, 0.29) is 5.91 Å². The SMILES string of the molecule is Cc1ccc(/N=C2\S/C(=C\c3ccccc3)C(=O)N2c2ccc(C)cc2)cc1. The molecule has 1 aliphatic heterocycles. The monoisotopic (exact) mass is 384 g/mol. The van der Waals surface area contributed by atoms with E-state index in [0.717, 1.165) is 22.5 Å². The summed E-state index contributed by atoms with van der Waals surface area (Å²) in [5.74, 6) is -0.0523. The van der Waals surface area contributed by atoms with Crippen molar-refractivity contribution < 1.29 is 4.79 Å². The van der Waals surface area contributed by atoms with E-state index in [9.17, 15) is 4.79 Å². The van der Waals surface area contributed by atoms with E-state index in [2.05, 4.69) is 0 Å². The molecule has 0 aromatic heterocycles. The molecule has 3 aromatic rings. The molecular weight excluding hydrogens is 364 g/mol. The normalized spacial score (nSPS) is 16.9. The molecule has 1 saturated heterocycles. The molecule has 0 spiro atoms. The number of anilines is 1. The fourth-order valence-electron chi connectivity index (χ4n) is 2.90. The number of rotatable bonds is 3. The molecule has 0 atom stereocenters. The first-order valence-electron chi connectivity index (χ1n) is 9.11. The summed E-state index contributed by atoms with van der Waals surface area (Å²) >= 11 is 1.41. The van der Waals surface area contributed by atoms with E-state index in [1.807, 2.05) is 98.8 Å². The molecule has 3 aromatic carbocycles. The van der Waals surface area contributed by atoms with Gasteiger partial charge in [0.1, 0.15) is 0 Å². The fourth-order valence-corrected chi connectivity index (χ4v) is 3.90. The summed E-state index contributed by atoms with van der Waals surface area (Å²) in [5.41, 5.74) is 4.99. The molecule has 3 nitrogen and oxygen atoms in total. The van der Waals surface area contributed by atoms with Crippen LogP contribution in [0.4, 0.5) is 11.4 Å². The lowest BCUT2D eigenvalue weighted by atomic mass is 10.2. The van der Waals surface area contributed by atoms with Crippen LogP contribution in [0.5, 0.6) is 0 Å². The van der Waals surface area contributed by atoms with Crippen molar-refractivity contribution in [3.63, 3.8) is 0 Å². The number of carbonyl (C=O) groups is 1. The standard InChI is InChI=1S/C24H20N2OS/c1-17-8-12-20(13-9-17)25-24-26(21-14-10-18(2)11-15-21)23(27)22(28-24)16-19-6-4-3-5-7-19/h3-16H,1-2H3/b22-16-,25-24-. The number of amidine groups is 1. The lowest BCUT2D eigenvalue weighted by molar-refractivity contribution is -0.113. The van der Waals surface area contributed by atoms with Gasteiger partial charge in [-0.05, 0) is 61.5 Å². The van der Waals surface area contributed by atoms with Crippen molar-refractivity contribution in [2.24, 2.45) is 4.99 Å². The van der Waals surface area contributed by atoms with Crippen molar-refractivity contribution in [3.8, 4) is 0 Å². The highest BCUT2D eigenvalue weighted by molar-refractivity contribution is 8.19. The molecule has 1 fully saturated rings. The summed E-state index contributed by atoms with van der Waals surface area (Å²) in [6, 6.07) is 25.8. The van der Waals surface area contributed by atoms with Gasteiger partial charge in [0, 0.05) is 0 Å². The summed E-state index contributed by atoms with van der Waals surface area (Å²) in [6.07, 6.45) is 1.92. The van der Waals surface area contributed by atoms with Crippen LogP contribution in [0.25, 0.3) is 6.08 Å². The van der Waals surface area contributed by atoms with Crippen LogP contribution in [-0.4, -0.2) is 11.1 Å². The molecule has 0 bridgehead atoms. The van der Waals surface area contributed by atoms with Crippen LogP contribution in [0.15, 0.2) is 88.8 Å². The van der Waals surface area contributed by atoms with E-state index >= 15 is 0 Å². The Morgan fingerprint density at radius 2 is 1.43 bits per heavy atom. The Bertz CT molecular complexity index is 1050. The van der Waals surface area contributed by atoms with Gasteiger partial charge in [0.15, 0.2) is 5.17 Å². The van der Waals surface area contributed by atoms with Gasteiger partial charge < -0.3 is 0 Å². The van der Waals surface area contributed by atoms with Crippen LogP contribution in [0.3, 0.4) is 0 Å². The van der Waals surface area contributed by atoms with Crippen molar-refractivity contribution in [2.75, 3.05) is 4.90 Å². The average molecular weight is 385 g/mol. The average Bonchev–Trinajstić information content (AvgIpc) is 3.00. The number of nitrogens with zero attached hydrogens (tertiary/aromatic N) is 2. The first-order valence-corrected chi connectivity index (χ1v) is 9.93. The molecule has 28 heavy (non-hydrogen) atoms. The molecule has 0 saturated carbocycles. The van der Waals surface area contributed by atoms with E-state index in [1.54, 1.807) is 4.90 Å². The zero-order valence-electron chi connectivity index (χ0n) is 15.8. The highest BCUT2D eigenvalue weighted by atomic mass is 32.2. The molecule has 138 valence electrons. The largest absolute Gasteiger partial charge is 0.271 e. The number of carbonyl (C=O) groups excluding carboxylic acids is 1. The van der Waals surface area contributed by atoms with Gasteiger partial charge in [-0.3, -0.25) is 9.69 Å². The highest BCUT2D eigenvalue weighted by Gasteiger charge is 2.34. The minimum Gasteiger partial charge on any atom is -0.268 e. The number of aliphatic imine (C=N–C) groups is 1. The van der Waals surface area contributed by atoms with Crippen molar-refractivity contribution in [2.45, 2.75) is 13.8 Å². The molecule has 4 heteroatoms. The molecule has 0 N–H and O–H groups in total. The Morgan fingerprint density at radius 3 is 2.07 bits per heavy atom. The lowest BCUT2D eigenvalue weighted by Crippen LogP contribution is -2.28. The van der Waals surface area contributed by atoms with Crippen LogP contribution >= 0.6 is 11.8 Å². The summed E-state index contributed by atoms with van der Waals surface area (Å²) < 4.78 is 0. The molecule has 1 aliphatic rings. The molecule has 1 heterocycles. The molecule has 0 radical (unpaired) electrons. The molecular formula is C24H20N2OS. The Balaban J connectivity index is 1.77. The Labute approximate surface area is 169 Å². The van der Waals surface area contributed by atoms with Gasteiger partial charge in [0.2, 0.25) is 0 Å². The highest BCUT2D eigenvalue weighted by Crippen LogP contribution is 2.37. The number of hydrogen-bond acceptors (Lipinski definition) is 3. The van der Waals surface area contributed by atoms with Gasteiger partial charge in [-0.15, -0.1) is 0 Å².